The summed E-state index contributed by atoms with van der Waals surface area (Å²) in [7, 11) is 0. The van der Waals surface area contributed by atoms with Gasteiger partial charge in [-0.05, 0) is 148 Å². The number of carbonyl (C=O) groups is 3. The molecule has 418 valence electrons. The van der Waals surface area contributed by atoms with E-state index in [9.17, 15) is 14.4 Å². The molecule has 0 aliphatic carbocycles. The Morgan fingerprint density at radius 3 is 0.787 bits per heavy atom. The van der Waals surface area contributed by atoms with Gasteiger partial charge in [0.2, 0.25) is 0 Å². The molecule has 0 aromatic rings. The third-order valence-corrected chi connectivity index (χ3v) is 11.7. The maximum Gasteiger partial charge on any atom is 0.306 e. The summed E-state index contributed by atoms with van der Waals surface area (Å²) in [6, 6.07) is 0. The topological polar surface area (TPSA) is 78.9 Å². The van der Waals surface area contributed by atoms with E-state index in [4.69, 9.17) is 14.2 Å². The minimum absolute atomic E-state index is 0.121. The smallest absolute Gasteiger partial charge is 0.306 e. The highest BCUT2D eigenvalue weighted by atomic mass is 16.6. The summed E-state index contributed by atoms with van der Waals surface area (Å²) in [5.41, 5.74) is 0. The standard InChI is InChI=1S/C69H106O6/c1-4-7-10-13-16-19-22-25-28-30-31-32-33-34-35-36-37-39-41-44-47-50-53-56-59-62-68(71)74-65-66(64-73-67(70)61-58-55-52-49-46-43-40-27-24-21-18-15-12-9-6-3)75-69(72)63-60-57-54-51-48-45-42-38-29-26-23-20-17-14-11-8-5-2/h7-12,16-21,25-29,31-32,34-35,37,39-40,44,46-47,49,66H,4-6,13-15,22-24,30,33,36,38,41-43,45,48,50-65H2,1-3H3/b10-7-,11-8-,12-9-,19-16-,20-17-,21-18-,28-25-,29-26-,32-31-,35-34-,39-37-,40-27-,47-44-,49-46-. The van der Waals surface area contributed by atoms with Crippen molar-refractivity contribution in [3.63, 3.8) is 0 Å². The molecule has 0 spiro atoms. The predicted molar refractivity (Wildman–Crippen MR) is 325 cm³/mol. The fourth-order valence-electron chi connectivity index (χ4n) is 7.37. The van der Waals surface area contributed by atoms with Crippen LogP contribution in [0.3, 0.4) is 0 Å². The molecule has 0 fully saturated rings. The van der Waals surface area contributed by atoms with Gasteiger partial charge in [0.25, 0.3) is 0 Å². The number of allylic oxidation sites excluding steroid dienone is 28. The molecular weight excluding hydrogens is 925 g/mol. The zero-order chi connectivity index (χ0) is 54.3. The van der Waals surface area contributed by atoms with Crippen molar-refractivity contribution < 1.29 is 28.6 Å². The molecular formula is C69H106O6. The van der Waals surface area contributed by atoms with Gasteiger partial charge in [-0.25, -0.2) is 0 Å². The summed E-state index contributed by atoms with van der Waals surface area (Å²) < 4.78 is 16.8. The highest BCUT2D eigenvalue weighted by Gasteiger charge is 2.19. The van der Waals surface area contributed by atoms with E-state index in [2.05, 4.69) is 191 Å². The van der Waals surface area contributed by atoms with Crippen LogP contribution < -0.4 is 0 Å². The largest absolute Gasteiger partial charge is 0.462 e. The van der Waals surface area contributed by atoms with Crippen LogP contribution in [0, 0.1) is 0 Å². The van der Waals surface area contributed by atoms with Crippen LogP contribution in [0.4, 0.5) is 0 Å². The summed E-state index contributed by atoms with van der Waals surface area (Å²) in [5, 5.41) is 0. The number of carbonyl (C=O) groups excluding carboxylic acids is 3. The van der Waals surface area contributed by atoms with Crippen LogP contribution >= 0.6 is 0 Å². The van der Waals surface area contributed by atoms with Crippen molar-refractivity contribution in [2.24, 2.45) is 0 Å². The van der Waals surface area contributed by atoms with Crippen molar-refractivity contribution in [1.29, 1.82) is 0 Å². The van der Waals surface area contributed by atoms with Crippen LogP contribution in [0.1, 0.15) is 226 Å². The number of hydrogen-bond acceptors (Lipinski definition) is 6. The van der Waals surface area contributed by atoms with Gasteiger partial charge < -0.3 is 14.2 Å². The van der Waals surface area contributed by atoms with E-state index in [1.54, 1.807) is 0 Å². The molecule has 0 heterocycles. The summed E-state index contributed by atoms with van der Waals surface area (Å²) in [5.74, 6) is -1.01. The lowest BCUT2D eigenvalue weighted by molar-refractivity contribution is -0.167. The Balaban J connectivity index is 4.53. The zero-order valence-electron chi connectivity index (χ0n) is 47.7. The van der Waals surface area contributed by atoms with Crippen LogP contribution in [-0.2, 0) is 28.6 Å². The lowest BCUT2D eigenvalue weighted by atomic mass is 10.1. The second-order valence-electron chi connectivity index (χ2n) is 18.8. The molecule has 0 N–H and O–H groups in total. The molecule has 1 atom stereocenters. The number of rotatable bonds is 51. The normalized spacial score (nSPS) is 13.4. The number of hydrogen-bond donors (Lipinski definition) is 0. The minimum Gasteiger partial charge on any atom is -0.462 e. The Morgan fingerprint density at radius 2 is 0.480 bits per heavy atom. The van der Waals surface area contributed by atoms with Crippen LogP contribution in [0.2, 0.25) is 0 Å². The summed E-state index contributed by atoms with van der Waals surface area (Å²) in [6.45, 7) is 6.21. The van der Waals surface area contributed by atoms with Crippen molar-refractivity contribution >= 4 is 17.9 Å². The molecule has 0 saturated carbocycles. The average molecular weight is 1030 g/mol. The lowest BCUT2D eigenvalue weighted by Crippen LogP contribution is -2.30. The first-order valence-corrected chi connectivity index (χ1v) is 29.6. The highest BCUT2D eigenvalue weighted by Crippen LogP contribution is 2.13. The van der Waals surface area contributed by atoms with Gasteiger partial charge in [0, 0.05) is 19.3 Å². The maximum absolute atomic E-state index is 12.9. The molecule has 0 amide bonds. The van der Waals surface area contributed by atoms with Gasteiger partial charge in [-0.3, -0.25) is 14.4 Å². The van der Waals surface area contributed by atoms with E-state index in [1.165, 1.54) is 19.3 Å². The van der Waals surface area contributed by atoms with E-state index in [0.717, 1.165) is 161 Å². The Labute approximate surface area is 460 Å². The van der Waals surface area contributed by atoms with Gasteiger partial charge >= 0.3 is 17.9 Å². The van der Waals surface area contributed by atoms with Gasteiger partial charge in [0.15, 0.2) is 6.10 Å². The maximum atomic E-state index is 12.9. The zero-order valence-corrected chi connectivity index (χ0v) is 47.7. The Bertz CT molecular complexity index is 1750. The molecule has 75 heavy (non-hydrogen) atoms. The highest BCUT2D eigenvalue weighted by molar-refractivity contribution is 5.71. The lowest BCUT2D eigenvalue weighted by Gasteiger charge is -2.18. The number of unbranched alkanes of at least 4 members (excludes halogenated alkanes) is 12. The Kier molecular flexibility index (Phi) is 57.0. The summed E-state index contributed by atoms with van der Waals surface area (Å²) in [6.07, 6.45) is 90.6. The Hall–Kier alpha value is -5.23. The van der Waals surface area contributed by atoms with Crippen molar-refractivity contribution in [2.45, 2.75) is 232 Å². The van der Waals surface area contributed by atoms with Gasteiger partial charge in [0.1, 0.15) is 13.2 Å². The Morgan fingerprint density at radius 1 is 0.267 bits per heavy atom. The third kappa shape index (κ3) is 59.5. The van der Waals surface area contributed by atoms with E-state index in [-0.39, 0.29) is 37.5 Å². The van der Waals surface area contributed by atoms with Crippen LogP contribution in [0.5, 0.6) is 0 Å². The summed E-state index contributed by atoms with van der Waals surface area (Å²) in [4.78, 5) is 38.2. The first kappa shape index (κ1) is 69.8. The van der Waals surface area contributed by atoms with Gasteiger partial charge in [0.05, 0.1) is 0 Å². The van der Waals surface area contributed by atoms with E-state index in [1.807, 2.05) is 0 Å². The number of ether oxygens (including phenoxy) is 3. The van der Waals surface area contributed by atoms with Crippen molar-refractivity contribution in [2.75, 3.05) is 13.2 Å². The average Bonchev–Trinajstić information content (AvgIpc) is 3.41. The molecule has 6 heteroatoms. The molecule has 0 radical (unpaired) electrons. The predicted octanol–water partition coefficient (Wildman–Crippen LogP) is 20.3. The van der Waals surface area contributed by atoms with Gasteiger partial charge in [-0.15, -0.1) is 0 Å². The van der Waals surface area contributed by atoms with Crippen LogP contribution in [-0.4, -0.2) is 37.2 Å². The molecule has 0 aromatic carbocycles. The van der Waals surface area contributed by atoms with Gasteiger partial charge in [-0.2, -0.15) is 0 Å². The van der Waals surface area contributed by atoms with Crippen LogP contribution in [0.25, 0.3) is 0 Å². The molecule has 0 rings (SSSR count). The van der Waals surface area contributed by atoms with E-state index < -0.39 is 6.10 Å². The molecule has 1 unspecified atom stereocenters. The monoisotopic (exact) mass is 1030 g/mol. The van der Waals surface area contributed by atoms with E-state index in [0.29, 0.717) is 19.3 Å². The first-order chi connectivity index (χ1) is 37.0. The molecule has 0 aromatic heterocycles. The van der Waals surface area contributed by atoms with Crippen LogP contribution in [0.15, 0.2) is 170 Å². The third-order valence-electron chi connectivity index (χ3n) is 11.7. The molecule has 0 aliphatic rings. The molecule has 6 nitrogen and oxygen atoms in total. The first-order valence-electron chi connectivity index (χ1n) is 29.6. The second-order valence-corrected chi connectivity index (χ2v) is 18.8. The van der Waals surface area contributed by atoms with Crippen molar-refractivity contribution in [3.05, 3.63) is 170 Å². The molecule has 0 bridgehead atoms. The minimum atomic E-state index is -0.825. The fourth-order valence-corrected chi connectivity index (χ4v) is 7.37. The van der Waals surface area contributed by atoms with Crippen molar-refractivity contribution in [3.8, 4) is 0 Å². The quantitative estimate of drug-likeness (QED) is 0.0261. The molecule has 0 aliphatic heterocycles. The number of esters is 3. The second kappa shape index (κ2) is 61.3. The SMILES string of the molecule is CC/C=C\C/C=C\C/C=C\C/C=C\C/C=C\C/C=C\C/C=C\CCCCCC(=O)OCC(COC(=O)CCCC/C=C\C/C=C\C/C=C\C/C=C\CC)OC(=O)CCCCCCCCC/C=C\C/C=C\C/C=C\CC. The molecule has 0 saturated heterocycles. The van der Waals surface area contributed by atoms with Crippen molar-refractivity contribution in [1.82, 2.24) is 0 Å². The fraction of sp³-hybridized carbons (Fsp3) is 0.551. The van der Waals surface area contributed by atoms with Gasteiger partial charge in [-0.1, -0.05) is 229 Å². The van der Waals surface area contributed by atoms with E-state index >= 15 is 0 Å². The summed E-state index contributed by atoms with van der Waals surface area (Å²) >= 11 is 0.